The van der Waals surface area contributed by atoms with Gasteiger partial charge in [-0.3, -0.25) is 14.4 Å². The molecule has 0 saturated carbocycles. The topological polar surface area (TPSA) is 179 Å². The van der Waals surface area contributed by atoms with Crippen molar-refractivity contribution in [3.05, 3.63) is 18.2 Å². The summed E-state index contributed by atoms with van der Waals surface area (Å²) in [5.41, 5.74) is 6.39. The molecular weight excluding hydrogens is 436 g/mol. The number of nitrogens with one attached hydrogen (secondary N) is 4. The summed E-state index contributed by atoms with van der Waals surface area (Å²) in [6.07, 6.45) is 3.20. The van der Waals surface area contributed by atoms with Crippen LogP contribution in [0.5, 0.6) is 0 Å². The Morgan fingerprint density at radius 2 is 1.59 bits per heavy atom. The minimum Gasteiger partial charge on any atom is -0.480 e. The van der Waals surface area contributed by atoms with E-state index in [2.05, 4.69) is 38.5 Å². The van der Waals surface area contributed by atoms with Gasteiger partial charge >= 0.3 is 5.97 Å². The van der Waals surface area contributed by atoms with Crippen molar-refractivity contribution in [1.29, 1.82) is 0 Å². The third-order valence-corrected chi connectivity index (χ3v) is 5.14. The van der Waals surface area contributed by atoms with Gasteiger partial charge in [-0.05, 0) is 18.3 Å². The Morgan fingerprint density at radius 3 is 2.06 bits per heavy atom. The molecule has 11 nitrogen and oxygen atoms in total. The van der Waals surface area contributed by atoms with Gasteiger partial charge < -0.3 is 31.8 Å². The largest absolute Gasteiger partial charge is 0.480 e. The van der Waals surface area contributed by atoms with Gasteiger partial charge in [-0.2, -0.15) is 12.6 Å². The molecule has 0 aromatic carbocycles. The highest BCUT2D eigenvalue weighted by atomic mass is 32.1. The Balaban J connectivity index is 2.97. The molecule has 0 aliphatic carbocycles. The maximum atomic E-state index is 12.9. The average Bonchev–Trinajstić information content (AvgIpc) is 3.22. The number of aliphatic carboxylic acids is 1. The molecule has 0 radical (unpaired) electrons. The summed E-state index contributed by atoms with van der Waals surface area (Å²) >= 11 is 4.12. The van der Waals surface area contributed by atoms with Gasteiger partial charge in [-0.15, -0.1) is 0 Å². The van der Waals surface area contributed by atoms with Gasteiger partial charge in [0.05, 0.1) is 12.4 Å². The molecule has 4 atom stereocenters. The van der Waals surface area contributed by atoms with Crippen molar-refractivity contribution in [2.24, 2.45) is 17.6 Å². The van der Waals surface area contributed by atoms with Crippen molar-refractivity contribution >= 4 is 36.3 Å². The van der Waals surface area contributed by atoms with E-state index in [1.54, 1.807) is 13.8 Å². The normalized spacial score (nSPS) is 15.0. The second kappa shape index (κ2) is 13.1. The number of H-pyrrole nitrogens is 1. The summed E-state index contributed by atoms with van der Waals surface area (Å²) in [4.78, 5) is 56.2. The summed E-state index contributed by atoms with van der Waals surface area (Å²) in [5, 5.41) is 17.0. The van der Waals surface area contributed by atoms with Crippen LogP contribution in [0, 0.1) is 11.8 Å². The molecule has 7 N–H and O–H groups in total. The Hall–Kier alpha value is -2.60. The molecule has 0 bridgehead atoms. The van der Waals surface area contributed by atoms with E-state index in [9.17, 15) is 24.3 Å². The van der Waals surface area contributed by atoms with Crippen molar-refractivity contribution in [3.63, 3.8) is 0 Å². The van der Waals surface area contributed by atoms with Gasteiger partial charge in [0.1, 0.15) is 18.1 Å². The number of amides is 3. The molecule has 1 rings (SSSR count). The van der Waals surface area contributed by atoms with Crippen LogP contribution < -0.4 is 21.7 Å². The zero-order chi connectivity index (χ0) is 24.4. The minimum absolute atomic E-state index is 0.0219. The van der Waals surface area contributed by atoms with E-state index >= 15 is 0 Å². The SMILES string of the molecule is CC(C)CC(NC(=O)C(Cc1cnc[nH]1)NC(=O)C(CS)NC(=O)C(N)C(C)C)C(=O)O. The van der Waals surface area contributed by atoms with E-state index in [1.165, 1.54) is 12.5 Å². The minimum atomic E-state index is -1.16. The van der Waals surface area contributed by atoms with Gasteiger partial charge in [0, 0.05) is 24.1 Å². The Labute approximate surface area is 193 Å². The van der Waals surface area contributed by atoms with Crippen LogP contribution in [0.1, 0.15) is 39.8 Å². The molecule has 180 valence electrons. The van der Waals surface area contributed by atoms with Crippen LogP contribution in [0.2, 0.25) is 0 Å². The van der Waals surface area contributed by atoms with Crippen LogP contribution >= 0.6 is 12.6 Å². The summed E-state index contributed by atoms with van der Waals surface area (Å²) in [5.74, 6) is -3.10. The quantitative estimate of drug-likeness (QED) is 0.189. The van der Waals surface area contributed by atoms with Crippen molar-refractivity contribution in [3.8, 4) is 0 Å². The molecule has 4 unspecified atom stereocenters. The fourth-order valence-corrected chi connectivity index (χ4v) is 3.08. The van der Waals surface area contributed by atoms with E-state index in [4.69, 9.17) is 5.73 Å². The van der Waals surface area contributed by atoms with Gasteiger partial charge in [0.2, 0.25) is 17.7 Å². The highest BCUT2D eigenvalue weighted by Gasteiger charge is 2.30. The van der Waals surface area contributed by atoms with E-state index in [-0.39, 0.29) is 30.4 Å². The first-order chi connectivity index (χ1) is 15.0. The molecule has 32 heavy (non-hydrogen) atoms. The first-order valence-corrected chi connectivity index (χ1v) is 11.1. The molecule has 3 amide bonds. The van der Waals surface area contributed by atoms with Crippen molar-refractivity contribution in [2.45, 2.75) is 64.7 Å². The van der Waals surface area contributed by atoms with Crippen LogP contribution in [0.4, 0.5) is 0 Å². The fraction of sp³-hybridized carbons (Fsp3) is 0.650. The number of hydrogen-bond acceptors (Lipinski definition) is 7. The second-order valence-corrected chi connectivity index (χ2v) is 8.75. The predicted molar refractivity (Wildman–Crippen MR) is 122 cm³/mol. The highest BCUT2D eigenvalue weighted by Crippen LogP contribution is 2.07. The molecule has 0 aliphatic heterocycles. The average molecular weight is 471 g/mol. The lowest BCUT2D eigenvalue weighted by Crippen LogP contribution is -2.58. The second-order valence-electron chi connectivity index (χ2n) is 8.38. The number of aromatic nitrogens is 2. The van der Waals surface area contributed by atoms with Gasteiger partial charge in [-0.25, -0.2) is 9.78 Å². The van der Waals surface area contributed by atoms with Crippen LogP contribution in [-0.2, 0) is 25.6 Å². The highest BCUT2D eigenvalue weighted by molar-refractivity contribution is 7.80. The Morgan fingerprint density at radius 1 is 1.03 bits per heavy atom. The summed E-state index contributed by atoms with van der Waals surface area (Å²) in [6.45, 7) is 7.24. The first kappa shape index (κ1) is 27.4. The molecule has 0 fully saturated rings. The molecule has 0 saturated heterocycles. The van der Waals surface area contributed by atoms with Gasteiger partial charge in [0.25, 0.3) is 0 Å². The fourth-order valence-electron chi connectivity index (χ4n) is 2.83. The monoisotopic (exact) mass is 470 g/mol. The lowest BCUT2D eigenvalue weighted by Gasteiger charge is -2.25. The van der Waals surface area contributed by atoms with Crippen LogP contribution in [0.3, 0.4) is 0 Å². The molecule has 1 aromatic rings. The number of imidazole rings is 1. The van der Waals surface area contributed by atoms with E-state index < -0.39 is 47.9 Å². The molecule has 12 heteroatoms. The maximum Gasteiger partial charge on any atom is 0.326 e. The predicted octanol–water partition coefficient (Wildman–Crippen LogP) is -0.550. The van der Waals surface area contributed by atoms with Crippen LogP contribution in [0.25, 0.3) is 0 Å². The number of carboxylic acids is 1. The van der Waals surface area contributed by atoms with Crippen LogP contribution in [0.15, 0.2) is 12.5 Å². The van der Waals surface area contributed by atoms with Gasteiger partial charge in [0.15, 0.2) is 0 Å². The van der Waals surface area contributed by atoms with Crippen molar-refractivity contribution < 1.29 is 24.3 Å². The summed E-state index contributed by atoms with van der Waals surface area (Å²) < 4.78 is 0. The maximum absolute atomic E-state index is 12.9. The lowest BCUT2D eigenvalue weighted by atomic mass is 10.0. The first-order valence-electron chi connectivity index (χ1n) is 10.4. The number of rotatable bonds is 13. The number of carboxylic acid groups (broad SMARTS) is 1. The Bertz CT molecular complexity index is 771. The number of aromatic amines is 1. The van der Waals surface area contributed by atoms with E-state index in [0.717, 1.165) is 0 Å². The third kappa shape index (κ3) is 8.87. The van der Waals surface area contributed by atoms with Crippen LogP contribution in [-0.4, -0.2) is 68.7 Å². The number of nitrogens with zero attached hydrogens (tertiary/aromatic N) is 1. The van der Waals surface area contributed by atoms with Crippen molar-refractivity contribution in [1.82, 2.24) is 25.9 Å². The zero-order valence-corrected chi connectivity index (χ0v) is 19.7. The number of hydrogen-bond donors (Lipinski definition) is 7. The number of carbonyl (C=O) groups is 4. The molecule has 0 aliphatic rings. The van der Waals surface area contributed by atoms with E-state index in [1.807, 2.05) is 13.8 Å². The number of nitrogens with two attached hydrogens (primary N) is 1. The molecule has 0 spiro atoms. The van der Waals surface area contributed by atoms with Crippen molar-refractivity contribution in [2.75, 3.05) is 5.75 Å². The summed E-state index contributed by atoms with van der Waals surface area (Å²) in [6, 6.07) is -4.04. The molecule has 1 aromatic heterocycles. The standard InChI is InChI=1S/C20H34N6O5S/c1-10(2)5-14(20(30)31)25-17(27)13(6-12-7-22-9-23-12)24-18(28)15(8-32)26-19(29)16(21)11(3)4/h7,9-11,13-16,32H,5-6,8,21H2,1-4H3,(H,22,23)(H,24,28)(H,25,27)(H,26,29)(H,30,31). The lowest BCUT2D eigenvalue weighted by molar-refractivity contribution is -0.142. The van der Waals surface area contributed by atoms with E-state index in [0.29, 0.717) is 5.69 Å². The molecule has 1 heterocycles. The van der Waals surface area contributed by atoms with Gasteiger partial charge in [-0.1, -0.05) is 27.7 Å². The zero-order valence-electron chi connectivity index (χ0n) is 18.8. The number of thiol groups is 1. The Kier molecular flexibility index (Phi) is 11.2. The number of carbonyl (C=O) groups excluding carboxylic acids is 3. The third-order valence-electron chi connectivity index (χ3n) is 4.77. The molecular formula is C20H34N6O5S. The summed E-state index contributed by atoms with van der Waals surface area (Å²) in [7, 11) is 0. The smallest absolute Gasteiger partial charge is 0.326 e.